The molecule has 1 aromatic carbocycles. The van der Waals surface area contributed by atoms with Gasteiger partial charge in [-0.15, -0.1) is 0 Å². The molecule has 0 fully saturated rings. The van der Waals surface area contributed by atoms with E-state index < -0.39 is 0 Å². The first-order chi connectivity index (χ1) is 8.74. The predicted octanol–water partition coefficient (Wildman–Crippen LogP) is 3.01. The molecule has 0 atom stereocenters. The Labute approximate surface area is 117 Å². The fourth-order valence-corrected chi connectivity index (χ4v) is 2.40. The van der Waals surface area contributed by atoms with Crippen molar-refractivity contribution in [1.82, 2.24) is 19.9 Å². The minimum atomic E-state index is 0.713. The quantitative estimate of drug-likeness (QED) is 0.697. The number of hydrogen-bond acceptors (Lipinski definition) is 4. The molecule has 0 aliphatic heterocycles. The Hall–Kier alpha value is -1.70. The number of halogens is 1. The van der Waals surface area contributed by atoms with Gasteiger partial charge in [0.25, 0.3) is 0 Å². The first-order valence-corrected chi connectivity index (χ1v) is 6.49. The summed E-state index contributed by atoms with van der Waals surface area (Å²) in [5, 5.41) is 3.29. The number of H-pyrrole nitrogens is 1. The molecule has 0 bridgehead atoms. The van der Waals surface area contributed by atoms with Crippen LogP contribution in [0.4, 0.5) is 11.5 Å². The Kier molecular flexibility index (Phi) is 2.86. The summed E-state index contributed by atoms with van der Waals surface area (Å²) >= 11 is 2.30. The molecule has 5 nitrogen and oxygen atoms in total. The molecule has 0 aliphatic rings. The van der Waals surface area contributed by atoms with Gasteiger partial charge in [0, 0.05) is 9.26 Å². The first kappa shape index (κ1) is 11.4. The highest BCUT2D eigenvalue weighted by atomic mass is 127. The van der Waals surface area contributed by atoms with Crippen LogP contribution in [0.1, 0.15) is 5.56 Å². The van der Waals surface area contributed by atoms with E-state index in [2.05, 4.69) is 66.9 Å². The van der Waals surface area contributed by atoms with Gasteiger partial charge in [-0.1, -0.05) is 0 Å². The van der Waals surface area contributed by atoms with Crippen molar-refractivity contribution in [2.45, 2.75) is 6.92 Å². The number of anilines is 2. The third-order valence-corrected chi connectivity index (χ3v) is 3.33. The number of rotatable bonds is 2. The van der Waals surface area contributed by atoms with Crippen LogP contribution in [-0.4, -0.2) is 19.9 Å². The normalized spacial score (nSPS) is 10.8. The minimum Gasteiger partial charge on any atom is -0.338 e. The van der Waals surface area contributed by atoms with E-state index >= 15 is 0 Å². The number of imidazole rings is 1. The molecule has 3 rings (SSSR count). The largest absolute Gasteiger partial charge is 0.338 e. The lowest BCUT2D eigenvalue weighted by Gasteiger charge is -2.09. The summed E-state index contributed by atoms with van der Waals surface area (Å²) in [5.41, 5.74) is 3.67. The number of benzene rings is 1. The van der Waals surface area contributed by atoms with Crippen molar-refractivity contribution in [3.05, 3.63) is 40.0 Å². The van der Waals surface area contributed by atoms with Gasteiger partial charge in [0.2, 0.25) is 0 Å². The van der Waals surface area contributed by atoms with Crippen LogP contribution in [0.5, 0.6) is 0 Å². The van der Waals surface area contributed by atoms with Gasteiger partial charge in [0.05, 0.1) is 6.33 Å². The van der Waals surface area contributed by atoms with Gasteiger partial charge in [0.1, 0.15) is 6.33 Å². The highest BCUT2D eigenvalue weighted by Gasteiger charge is 2.07. The molecule has 18 heavy (non-hydrogen) atoms. The molecule has 0 radical (unpaired) electrons. The molecular formula is C12H10IN5. The van der Waals surface area contributed by atoms with Gasteiger partial charge in [-0.3, -0.25) is 0 Å². The molecule has 0 unspecified atom stereocenters. The average molecular weight is 351 g/mol. The summed E-state index contributed by atoms with van der Waals surface area (Å²) < 4.78 is 1.21. The van der Waals surface area contributed by atoms with Gasteiger partial charge in [0.15, 0.2) is 17.0 Å². The second kappa shape index (κ2) is 4.52. The molecule has 2 heterocycles. The molecule has 90 valence electrons. The molecule has 0 aliphatic carbocycles. The van der Waals surface area contributed by atoms with Crippen LogP contribution in [0, 0.1) is 10.5 Å². The zero-order chi connectivity index (χ0) is 12.5. The van der Waals surface area contributed by atoms with Crippen molar-refractivity contribution in [2.24, 2.45) is 0 Å². The van der Waals surface area contributed by atoms with E-state index in [-0.39, 0.29) is 0 Å². The first-order valence-electron chi connectivity index (χ1n) is 5.41. The topological polar surface area (TPSA) is 66.5 Å². The lowest BCUT2D eigenvalue weighted by Crippen LogP contribution is -1.97. The number of aromatic amines is 1. The number of aromatic nitrogens is 4. The zero-order valence-corrected chi connectivity index (χ0v) is 11.8. The van der Waals surface area contributed by atoms with Crippen molar-refractivity contribution in [1.29, 1.82) is 0 Å². The second-order valence-corrected chi connectivity index (χ2v) is 5.15. The zero-order valence-electron chi connectivity index (χ0n) is 9.61. The maximum atomic E-state index is 4.23. The molecule has 6 heteroatoms. The SMILES string of the molecule is Cc1cc(I)ccc1Nc1ncnc2[nH]cnc12. The fraction of sp³-hybridized carbons (Fsp3) is 0.0833. The lowest BCUT2D eigenvalue weighted by atomic mass is 10.2. The van der Waals surface area contributed by atoms with Crippen molar-refractivity contribution in [2.75, 3.05) is 5.32 Å². The Morgan fingerprint density at radius 2 is 2.11 bits per heavy atom. The number of nitrogens with one attached hydrogen (secondary N) is 2. The third-order valence-electron chi connectivity index (χ3n) is 2.66. The summed E-state index contributed by atoms with van der Waals surface area (Å²) in [6, 6.07) is 6.21. The number of fused-ring (bicyclic) bond motifs is 1. The molecular weight excluding hydrogens is 341 g/mol. The van der Waals surface area contributed by atoms with E-state index in [0.717, 1.165) is 16.9 Å². The van der Waals surface area contributed by atoms with Crippen LogP contribution in [0.15, 0.2) is 30.9 Å². The Morgan fingerprint density at radius 1 is 1.22 bits per heavy atom. The third kappa shape index (κ3) is 2.03. The summed E-state index contributed by atoms with van der Waals surface area (Å²) in [5.74, 6) is 0.713. The maximum Gasteiger partial charge on any atom is 0.162 e. The molecule has 0 saturated carbocycles. The van der Waals surface area contributed by atoms with E-state index in [9.17, 15) is 0 Å². The van der Waals surface area contributed by atoms with Gasteiger partial charge in [-0.05, 0) is 53.3 Å². The van der Waals surface area contributed by atoms with E-state index in [4.69, 9.17) is 0 Å². The van der Waals surface area contributed by atoms with E-state index in [1.807, 2.05) is 6.07 Å². The Morgan fingerprint density at radius 3 is 2.94 bits per heavy atom. The highest BCUT2D eigenvalue weighted by molar-refractivity contribution is 14.1. The lowest BCUT2D eigenvalue weighted by molar-refractivity contribution is 1.19. The van der Waals surface area contributed by atoms with Crippen molar-refractivity contribution < 1.29 is 0 Å². The Bertz CT molecular complexity index is 707. The standard InChI is InChI=1S/C12H10IN5/c1-7-4-8(13)2-3-9(7)18-12-10-11(15-5-14-10)16-6-17-12/h2-6H,1H3,(H2,14,15,16,17,18). The molecule has 2 aromatic heterocycles. The summed E-state index contributed by atoms with van der Waals surface area (Å²) in [6.45, 7) is 2.06. The molecule has 0 saturated heterocycles. The van der Waals surface area contributed by atoms with Crippen molar-refractivity contribution in [3.63, 3.8) is 0 Å². The van der Waals surface area contributed by atoms with Crippen LogP contribution in [0.3, 0.4) is 0 Å². The number of hydrogen-bond donors (Lipinski definition) is 2. The van der Waals surface area contributed by atoms with E-state index in [1.54, 1.807) is 6.33 Å². The average Bonchev–Trinajstić information content (AvgIpc) is 2.82. The highest BCUT2D eigenvalue weighted by Crippen LogP contribution is 2.24. The Balaban J connectivity index is 2.03. The summed E-state index contributed by atoms with van der Waals surface area (Å²) in [6.07, 6.45) is 3.14. The van der Waals surface area contributed by atoms with Crippen molar-refractivity contribution >= 4 is 45.3 Å². The maximum absolute atomic E-state index is 4.23. The second-order valence-electron chi connectivity index (χ2n) is 3.91. The predicted molar refractivity (Wildman–Crippen MR) is 78.9 cm³/mol. The van der Waals surface area contributed by atoms with E-state index in [1.165, 1.54) is 15.5 Å². The van der Waals surface area contributed by atoms with E-state index in [0.29, 0.717) is 5.82 Å². The van der Waals surface area contributed by atoms with Crippen LogP contribution in [0.25, 0.3) is 11.2 Å². The van der Waals surface area contributed by atoms with Gasteiger partial charge < -0.3 is 10.3 Å². The monoisotopic (exact) mass is 351 g/mol. The molecule has 0 amide bonds. The number of nitrogens with zero attached hydrogens (tertiary/aromatic N) is 3. The molecule has 2 N–H and O–H groups in total. The van der Waals surface area contributed by atoms with Crippen LogP contribution in [-0.2, 0) is 0 Å². The van der Waals surface area contributed by atoms with Crippen LogP contribution in [0.2, 0.25) is 0 Å². The van der Waals surface area contributed by atoms with Crippen LogP contribution >= 0.6 is 22.6 Å². The molecule has 3 aromatic rings. The minimum absolute atomic E-state index is 0.713. The smallest absolute Gasteiger partial charge is 0.162 e. The fourth-order valence-electron chi connectivity index (χ4n) is 1.75. The van der Waals surface area contributed by atoms with Gasteiger partial charge in [-0.2, -0.15) is 0 Å². The van der Waals surface area contributed by atoms with Gasteiger partial charge >= 0.3 is 0 Å². The van der Waals surface area contributed by atoms with Crippen molar-refractivity contribution in [3.8, 4) is 0 Å². The van der Waals surface area contributed by atoms with Gasteiger partial charge in [-0.25, -0.2) is 15.0 Å². The molecule has 0 spiro atoms. The number of aryl methyl sites for hydroxylation is 1. The summed E-state index contributed by atoms with van der Waals surface area (Å²) in [4.78, 5) is 15.5. The summed E-state index contributed by atoms with van der Waals surface area (Å²) in [7, 11) is 0. The van der Waals surface area contributed by atoms with Crippen LogP contribution < -0.4 is 5.32 Å².